The summed E-state index contributed by atoms with van der Waals surface area (Å²) in [6, 6.07) is 2.99. The molecule has 1 rings (SSSR count). The highest BCUT2D eigenvalue weighted by atomic mass is 16.5. The highest BCUT2D eigenvalue weighted by Gasteiger charge is 2.00. The van der Waals surface area contributed by atoms with Gasteiger partial charge in [-0.05, 0) is 0 Å². The molecule has 0 saturated carbocycles. The molecule has 0 unspecified atom stereocenters. The van der Waals surface area contributed by atoms with Crippen LogP contribution >= 0.6 is 0 Å². The number of hydrogen-bond donors (Lipinski definition) is 0. The van der Waals surface area contributed by atoms with Gasteiger partial charge >= 0.3 is 0 Å². The number of nitrogens with zero attached hydrogens (tertiary/aromatic N) is 1. The average Bonchev–Trinajstić information content (AvgIpc) is 2.34. The Bertz CT molecular complexity index is 134. The van der Waals surface area contributed by atoms with E-state index in [1.165, 1.54) is 0 Å². The maximum Gasteiger partial charge on any atom is 0.0645 e. The second kappa shape index (κ2) is 3.37. The van der Waals surface area contributed by atoms with Crippen LogP contribution in [-0.4, -0.2) is 31.7 Å². The zero-order valence-electron chi connectivity index (χ0n) is 5.68. The summed E-state index contributed by atoms with van der Waals surface area (Å²) in [7, 11) is 1.71. The Balaban J connectivity index is 2.08. The lowest BCUT2D eigenvalue weighted by atomic mass is 10.5. The van der Waals surface area contributed by atoms with Crippen LogP contribution in [0.3, 0.4) is 0 Å². The summed E-state index contributed by atoms with van der Waals surface area (Å²) in [4.78, 5) is 2.09. The summed E-state index contributed by atoms with van der Waals surface area (Å²) in [6.07, 6.45) is 1.02. The molecule has 1 aliphatic rings. The summed E-state index contributed by atoms with van der Waals surface area (Å²) in [5, 5.41) is 0. The lowest BCUT2D eigenvalue weighted by Crippen LogP contribution is -2.20. The molecule has 0 N–H and O–H groups in total. The third kappa shape index (κ3) is 1.95. The minimum Gasteiger partial charge on any atom is -0.383 e. The lowest BCUT2D eigenvalue weighted by Gasteiger charge is -2.10. The molecule has 0 atom stereocenters. The first-order chi connectivity index (χ1) is 4.43. The monoisotopic (exact) mass is 125 g/mol. The second-order valence-electron chi connectivity index (χ2n) is 2.02. The van der Waals surface area contributed by atoms with E-state index in [1.807, 2.05) is 0 Å². The van der Waals surface area contributed by atoms with Gasteiger partial charge < -0.3 is 9.64 Å². The van der Waals surface area contributed by atoms with E-state index in [0.29, 0.717) is 0 Å². The summed E-state index contributed by atoms with van der Waals surface area (Å²) in [5.74, 6) is 3.00. The van der Waals surface area contributed by atoms with Gasteiger partial charge in [0.1, 0.15) is 0 Å². The molecule has 0 bridgehead atoms. The zero-order chi connectivity index (χ0) is 6.53. The van der Waals surface area contributed by atoms with E-state index in [0.717, 1.165) is 26.1 Å². The van der Waals surface area contributed by atoms with Crippen molar-refractivity contribution in [2.24, 2.45) is 0 Å². The molecule has 0 amide bonds. The van der Waals surface area contributed by atoms with Crippen molar-refractivity contribution in [2.75, 3.05) is 26.8 Å². The van der Waals surface area contributed by atoms with Crippen LogP contribution < -0.4 is 0 Å². The Kier molecular flexibility index (Phi) is 2.41. The van der Waals surface area contributed by atoms with E-state index in [-0.39, 0.29) is 0 Å². The minimum absolute atomic E-state index is 0.786. The van der Waals surface area contributed by atoms with E-state index < -0.39 is 0 Å². The molecule has 0 radical (unpaired) electrons. The number of rotatable bonds is 3. The first-order valence-electron chi connectivity index (χ1n) is 3.16. The first-order valence-corrected chi connectivity index (χ1v) is 3.16. The SMILES string of the molecule is COCCN1C#CCC1. The fourth-order valence-corrected chi connectivity index (χ4v) is 0.784. The molecule has 0 spiro atoms. The highest BCUT2D eigenvalue weighted by Crippen LogP contribution is 1.94. The van der Waals surface area contributed by atoms with Gasteiger partial charge in [-0.25, -0.2) is 0 Å². The van der Waals surface area contributed by atoms with Gasteiger partial charge in [0.15, 0.2) is 0 Å². The third-order valence-electron chi connectivity index (χ3n) is 1.31. The summed E-state index contributed by atoms with van der Waals surface area (Å²) >= 11 is 0. The third-order valence-corrected chi connectivity index (χ3v) is 1.31. The van der Waals surface area contributed by atoms with Crippen molar-refractivity contribution in [1.29, 1.82) is 0 Å². The molecular weight excluding hydrogens is 114 g/mol. The van der Waals surface area contributed by atoms with Crippen LogP contribution in [0.1, 0.15) is 6.42 Å². The zero-order valence-corrected chi connectivity index (χ0v) is 5.68. The van der Waals surface area contributed by atoms with Crippen LogP contribution in [0.5, 0.6) is 0 Å². The van der Waals surface area contributed by atoms with E-state index in [1.54, 1.807) is 7.11 Å². The summed E-state index contributed by atoms with van der Waals surface area (Å²) in [6.45, 7) is 2.79. The predicted octanol–water partition coefficient (Wildman–Crippen LogP) is 0.299. The lowest BCUT2D eigenvalue weighted by molar-refractivity contribution is 0.175. The largest absolute Gasteiger partial charge is 0.383 e. The van der Waals surface area contributed by atoms with Crippen molar-refractivity contribution in [3.63, 3.8) is 0 Å². The van der Waals surface area contributed by atoms with Gasteiger partial charge in [-0.3, -0.25) is 0 Å². The number of hydrogen-bond acceptors (Lipinski definition) is 2. The van der Waals surface area contributed by atoms with Gasteiger partial charge in [0.2, 0.25) is 0 Å². The molecule has 0 aromatic heterocycles. The molecule has 9 heavy (non-hydrogen) atoms. The van der Waals surface area contributed by atoms with Crippen molar-refractivity contribution in [2.45, 2.75) is 6.42 Å². The van der Waals surface area contributed by atoms with Crippen LogP contribution in [0.4, 0.5) is 0 Å². The van der Waals surface area contributed by atoms with Crippen molar-refractivity contribution >= 4 is 0 Å². The van der Waals surface area contributed by atoms with Crippen molar-refractivity contribution in [3.05, 3.63) is 0 Å². The van der Waals surface area contributed by atoms with Crippen molar-refractivity contribution in [3.8, 4) is 12.0 Å². The predicted molar refractivity (Wildman–Crippen MR) is 35.8 cm³/mol. The van der Waals surface area contributed by atoms with E-state index in [4.69, 9.17) is 4.74 Å². The average molecular weight is 125 g/mol. The van der Waals surface area contributed by atoms with E-state index in [9.17, 15) is 0 Å². The van der Waals surface area contributed by atoms with Crippen LogP contribution in [0.15, 0.2) is 0 Å². The van der Waals surface area contributed by atoms with Gasteiger partial charge in [0, 0.05) is 32.7 Å². The Morgan fingerprint density at radius 1 is 1.67 bits per heavy atom. The maximum atomic E-state index is 4.89. The molecule has 0 aliphatic carbocycles. The maximum absolute atomic E-state index is 4.89. The van der Waals surface area contributed by atoms with Crippen LogP contribution in [0, 0.1) is 12.0 Å². The smallest absolute Gasteiger partial charge is 0.0645 e. The first kappa shape index (κ1) is 6.44. The minimum atomic E-state index is 0.786. The van der Waals surface area contributed by atoms with Crippen LogP contribution in [0.25, 0.3) is 0 Å². The van der Waals surface area contributed by atoms with Gasteiger partial charge in [-0.15, -0.1) is 0 Å². The highest BCUT2D eigenvalue weighted by molar-refractivity contribution is 5.05. The van der Waals surface area contributed by atoms with Gasteiger partial charge in [0.05, 0.1) is 6.61 Å². The fraction of sp³-hybridized carbons (Fsp3) is 0.714. The molecule has 1 heterocycles. The van der Waals surface area contributed by atoms with E-state index in [2.05, 4.69) is 16.9 Å². The Morgan fingerprint density at radius 2 is 2.56 bits per heavy atom. The second-order valence-corrected chi connectivity index (χ2v) is 2.02. The summed E-state index contributed by atoms with van der Waals surface area (Å²) < 4.78 is 4.89. The molecule has 0 fully saturated rings. The molecule has 2 heteroatoms. The summed E-state index contributed by atoms with van der Waals surface area (Å²) in [5.41, 5.74) is 0. The molecular formula is C7H11NO. The van der Waals surface area contributed by atoms with Crippen LogP contribution in [0.2, 0.25) is 0 Å². The quantitative estimate of drug-likeness (QED) is 0.503. The molecule has 1 aliphatic heterocycles. The van der Waals surface area contributed by atoms with Crippen LogP contribution in [-0.2, 0) is 4.74 Å². The van der Waals surface area contributed by atoms with E-state index >= 15 is 0 Å². The van der Waals surface area contributed by atoms with Gasteiger partial charge in [0.25, 0.3) is 0 Å². The molecule has 0 aromatic carbocycles. The van der Waals surface area contributed by atoms with Gasteiger partial charge in [-0.1, -0.05) is 5.92 Å². The Labute approximate surface area is 55.8 Å². The van der Waals surface area contributed by atoms with Crippen molar-refractivity contribution in [1.82, 2.24) is 4.90 Å². The molecule has 50 valence electrons. The molecule has 0 aromatic rings. The normalized spacial score (nSPS) is 15.4. The topological polar surface area (TPSA) is 12.5 Å². The fourth-order valence-electron chi connectivity index (χ4n) is 0.784. The standard InChI is InChI=1S/C7H11NO/c1-9-7-6-8-4-2-3-5-8/h2,4,6-7H2,1H3. The number of ether oxygens (including phenoxy) is 1. The molecule has 2 nitrogen and oxygen atoms in total. The van der Waals surface area contributed by atoms with Gasteiger partial charge in [-0.2, -0.15) is 0 Å². The Morgan fingerprint density at radius 3 is 3.11 bits per heavy atom. The van der Waals surface area contributed by atoms with Crippen molar-refractivity contribution < 1.29 is 4.74 Å². The molecule has 0 saturated heterocycles. The number of methoxy groups -OCH3 is 1. The Hall–Kier alpha value is -0.680.